The fourth-order valence-corrected chi connectivity index (χ4v) is 2.05. The maximum absolute atomic E-state index is 11.2. The Morgan fingerprint density at radius 3 is 2.07 bits per heavy atom. The van der Waals surface area contributed by atoms with E-state index in [1.807, 2.05) is 0 Å². The van der Waals surface area contributed by atoms with Crippen LogP contribution in [0.1, 0.15) is 17.3 Å². The van der Waals surface area contributed by atoms with Crippen molar-refractivity contribution in [3.8, 4) is 0 Å². The zero-order chi connectivity index (χ0) is 11.6. The first kappa shape index (κ1) is 12.4. The Kier molecular flexibility index (Phi) is 3.67. The molecule has 0 aliphatic heterocycles. The van der Waals surface area contributed by atoms with Gasteiger partial charge in [-0.05, 0) is 24.6 Å². The number of hydrogen-bond acceptors (Lipinski definition) is 3. The smallest absolute Gasteiger partial charge is 0.175 e. The van der Waals surface area contributed by atoms with Crippen molar-refractivity contribution in [1.29, 1.82) is 0 Å². The second-order valence-electron chi connectivity index (χ2n) is 3.31. The number of alkyl halides is 1. The standard InChI is InChI=1S/C10H11BrO3S/c1-7(12)10(11)8-3-5-9(6-4-8)15(2,13)14/h3-6,10H,1-2H3. The summed E-state index contributed by atoms with van der Waals surface area (Å²) in [5.74, 6) is -0.0119. The number of carbonyl (C=O) groups excluding carboxylic acids is 1. The number of hydrogen-bond donors (Lipinski definition) is 0. The molecule has 1 aromatic carbocycles. The number of benzene rings is 1. The van der Waals surface area contributed by atoms with E-state index in [0.29, 0.717) is 0 Å². The van der Waals surface area contributed by atoms with Crippen LogP contribution in [0.4, 0.5) is 0 Å². The minimum atomic E-state index is -3.17. The third kappa shape index (κ3) is 3.14. The summed E-state index contributed by atoms with van der Waals surface area (Å²) in [6.07, 6.45) is 1.15. The van der Waals surface area contributed by atoms with Crippen molar-refractivity contribution in [3.63, 3.8) is 0 Å². The monoisotopic (exact) mass is 290 g/mol. The molecule has 0 fully saturated rings. The van der Waals surface area contributed by atoms with Gasteiger partial charge in [-0.1, -0.05) is 28.1 Å². The number of rotatable bonds is 3. The van der Waals surface area contributed by atoms with Crippen LogP contribution in [0.25, 0.3) is 0 Å². The third-order valence-corrected chi connectivity index (χ3v) is 4.26. The molecule has 3 nitrogen and oxygen atoms in total. The van der Waals surface area contributed by atoms with Crippen molar-refractivity contribution in [2.75, 3.05) is 6.26 Å². The fourth-order valence-electron chi connectivity index (χ4n) is 1.12. The largest absolute Gasteiger partial charge is 0.298 e. The van der Waals surface area contributed by atoms with E-state index in [1.54, 1.807) is 12.1 Å². The Morgan fingerprint density at radius 1 is 1.27 bits per heavy atom. The van der Waals surface area contributed by atoms with E-state index in [9.17, 15) is 13.2 Å². The summed E-state index contributed by atoms with van der Waals surface area (Å²) in [7, 11) is -3.17. The van der Waals surface area contributed by atoms with Crippen LogP contribution in [0.2, 0.25) is 0 Å². The van der Waals surface area contributed by atoms with E-state index in [1.165, 1.54) is 19.1 Å². The van der Waals surface area contributed by atoms with Crippen molar-refractivity contribution < 1.29 is 13.2 Å². The molecule has 0 radical (unpaired) electrons. The van der Waals surface area contributed by atoms with Gasteiger partial charge < -0.3 is 0 Å². The summed E-state index contributed by atoms with van der Waals surface area (Å²) in [6, 6.07) is 6.28. The van der Waals surface area contributed by atoms with E-state index in [2.05, 4.69) is 15.9 Å². The van der Waals surface area contributed by atoms with Crippen LogP contribution >= 0.6 is 15.9 Å². The first-order valence-electron chi connectivity index (χ1n) is 4.27. The molecule has 0 aliphatic carbocycles. The number of halogens is 1. The second-order valence-corrected chi connectivity index (χ2v) is 6.25. The molecule has 1 atom stereocenters. The Morgan fingerprint density at radius 2 is 1.73 bits per heavy atom. The molecular formula is C10H11BrO3S. The molecular weight excluding hydrogens is 280 g/mol. The normalized spacial score (nSPS) is 13.5. The number of sulfone groups is 1. The highest BCUT2D eigenvalue weighted by Crippen LogP contribution is 2.24. The first-order chi connectivity index (χ1) is 6.82. The minimum Gasteiger partial charge on any atom is -0.298 e. The van der Waals surface area contributed by atoms with E-state index < -0.39 is 9.84 Å². The van der Waals surface area contributed by atoms with Crippen LogP contribution < -0.4 is 0 Å². The van der Waals surface area contributed by atoms with Gasteiger partial charge in [-0.2, -0.15) is 0 Å². The van der Waals surface area contributed by atoms with Gasteiger partial charge in [-0.3, -0.25) is 4.79 Å². The van der Waals surface area contributed by atoms with Crippen molar-refractivity contribution in [2.24, 2.45) is 0 Å². The molecule has 0 N–H and O–H groups in total. The van der Waals surface area contributed by atoms with Crippen LogP contribution in [0, 0.1) is 0 Å². The molecule has 0 saturated heterocycles. The molecule has 1 aromatic rings. The Labute approximate surface area is 97.5 Å². The molecule has 15 heavy (non-hydrogen) atoms. The topological polar surface area (TPSA) is 51.2 Å². The fraction of sp³-hybridized carbons (Fsp3) is 0.300. The highest BCUT2D eigenvalue weighted by atomic mass is 79.9. The molecule has 1 rings (SSSR count). The minimum absolute atomic E-state index is 0.0119. The molecule has 0 amide bonds. The quantitative estimate of drug-likeness (QED) is 0.801. The first-order valence-corrected chi connectivity index (χ1v) is 7.07. The summed E-state index contributed by atoms with van der Waals surface area (Å²) in [5, 5.41) is 0. The van der Waals surface area contributed by atoms with Crippen molar-refractivity contribution in [1.82, 2.24) is 0 Å². The van der Waals surface area contributed by atoms with Crippen molar-refractivity contribution in [3.05, 3.63) is 29.8 Å². The lowest BCUT2D eigenvalue weighted by atomic mass is 10.1. The lowest BCUT2D eigenvalue weighted by Gasteiger charge is -2.06. The van der Waals surface area contributed by atoms with E-state index in [4.69, 9.17) is 0 Å². The number of ketones is 1. The molecule has 0 aromatic heterocycles. The van der Waals surface area contributed by atoms with Crippen LogP contribution in [0.3, 0.4) is 0 Å². The highest BCUT2D eigenvalue weighted by molar-refractivity contribution is 9.09. The van der Waals surface area contributed by atoms with Gasteiger partial charge in [0.25, 0.3) is 0 Å². The Hall–Kier alpha value is -0.680. The molecule has 0 spiro atoms. The zero-order valence-electron chi connectivity index (χ0n) is 8.40. The van der Waals surface area contributed by atoms with Gasteiger partial charge in [-0.25, -0.2) is 8.42 Å². The Bertz CT molecular complexity index is 462. The van der Waals surface area contributed by atoms with Gasteiger partial charge in [-0.15, -0.1) is 0 Å². The molecule has 0 aliphatic rings. The van der Waals surface area contributed by atoms with Crippen LogP contribution in [-0.2, 0) is 14.6 Å². The summed E-state index contributed by atoms with van der Waals surface area (Å²) >= 11 is 3.23. The lowest BCUT2D eigenvalue weighted by molar-refractivity contribution is -0.116. The van der Waals surface area contributed by atoms with Gasteiger partial charge in [0.1, 0.15) is 5.78 Å². The molecule has 82 valence electrons. The lowest BCUT2D eigenvalue weighted by Crippen LogP contribution is -2.02. The van der Waals surface area contributed by atoms with E-state index in [-0.39, 0.29) is 15.5 Å². The van der Waals surface area contributed by atoms with E-state index in [0.717, 1.165) is 11.8 Å². The van der Waals surface area contributed by atoms with Crippen LogP contribution in [0.15, 0.2) is 29.2 Å². The third-order valence-electron chi connectivity index (χ3n) is 1.96. The maximum Gasteiger partial charge on any atom is 0.175 e. The molecule has 0 heterocycles. The van der Waals surface area contributed by atoms with Gasteiger partial charge in [0, 0.05) is 6.26 Å². The summed E-state index contributed by atoms with van der Waals surface area (Å²) in [5.41, 5.74) is 0.759. The van der Waals surface area contributed by atoms with Gasteiger partial charge in [0.15, 0.2) is 9.84 Å². The average Bonchev–Trinajstić information content (AvgIpc) is 2.15. The number of Topliss-reactive ketones (excluding diaryl/α,β-unsaturated/α-hetero) is 1. The zero-order valence-corrected chi connectivity index (χ0v) is 10.8. The van der Waals surface area contributed by atoms with Gasteiger partial charge >= 0.3 is 0 Å². The highest BCUT2D eigenvalue weighted by Gasteiger charge is 2.13. The average molecular weight is 291 g/mol. The van der Waals surface area contributed by atoms with Gasteiger partial charge in [0.05, 0.1) is 9.72 Å². The van der Waals surface area contributed by atoms with Crippen molar-refractivity contribution in [2.45, 2.75) is 16.6 Å². The van der Waals surface area contributed by atoms with E-state index >= 15 is 0 Å². The maximum atomic E-state index is 11.2. The second kappa shape index (κ2) is 4.45. The predicted octanol–water partition coefficient (Wildman–Crippen LogP) is 2.12. The molecule has 0 saturated carbocycles. The molecule has 0 bridgehead atoms. The number of carbonyl (C=O) groups is 1. The van der Waals surface area contributed by atoms with Crippen molar-refractivity contribution >= 4 is 31.6 Å². The molecule has 1 unspecified atom stereocenters. The van der Waals surface area contributed by atoms with Crippen LogP contribution in [-0.4, -0.2) is 20.5 Å². The Balaban J connectivity index is 3.06. The summed E-state index contributed by atoms with van der Waals surface area (Å²) < 4.78 is 22.3. The molecule has 5 heteroatoms. The van der Waals surface area contributed by atoms with Crippen LogP contribution in [0.5, 0.6) is 0 Å². The predicted molar refractivity (Wildman–Crippen MR) is 61.9 cm³/mol. The summed E-state index contributed by atoms with van der Waals surface area (Å²) in [4.78, 5) is 11.0. The summed E-state index contributed by atoms with van der Waals surface area (Å²) in [6.45, 7) is 1.48. The SMILES string of the molecule is CC(=O)C(Br)c1ccc(S(C)(=O)=O)cc1. The van der Waals surface area contributed by atoms with Gasteiger partial charge in [0.2, 0.25) is 0 Å².